The van der Waals surface area contributed by atoms with Crippen molar-refractivity contribution in [2.75, 3.05) is 13.7 Å². The first kappa shape index (κ1) is 20.2. The highest BCUT2D eigenvalue weighted by Crippen LogP contribution is 2.57. The molecule has 2 aliphatic rings. The summed E-state index contributed by atoms with van der Waals surface area (Å²) in [5.41, 5.74) is -0.446. The second-order valence-corrected chi connectivity index (χ2v) is 7.92. The van der Waals surface area contributed by atoms with Gasteiger partial charge < -0.3 is 14.2 Å². The first-order chi connectivity index (χ1) is 13.3. The molecular formula is C22H29NO5. The molecule has 0 radical (unpaired) electrons. The van der Waals surface area contributed by atoms with Crippen molar-refractivity contribution in [3.05, 3.63) is 41.7 Å². The molecule has 3 rings (SSSR count). The molecule has 1 spiro atoms. The number of nitrogens with zero attached hydrogens (tertiary/aromatic N) is 1. The Morgan fingerprint density at radius 3 is 2.54 bits per heavy atom. The zero-order valence-corrected chi connectivity index (χ0v) is 17.3. The minimum atomic E-state index is -0.749. The van der Waals surface area contributed by atoms with Gasteiger partial charge in [-0.15, -0.1) is 0 Å². The molecule has 1 aliphatic heterocycles. The molecule has 1 aromatic carbocycles. The highest BCUT2D eigenvalue weighted by Gasteiger charge is 2.66. The van der Waals surface area contributed by atoms with Gasteiger partial charge in [-0.2, -0.15) is 0 Å². The van der Waals surface area contributed by atoms with Gasteiger partial charge in [-0.3, -0.25) is 9.69 Å². The van der Waals surface area contributed by atoms with Gasteiger partial charge in [0.05, 0.1) is 13.0 Å². The van der Waals surface area contributed by atoms with Gasteiger partial charge in [0.1, 0.15) is 22.6 Å². The summed E-state index contributed by atoms with van der Waals surface area (Å²) < 4.78 is 16.7. The Hall–Kier alpha value is -2.50. The minimum absolute atomic E-state index is 0.305. The number of hydrogen-bond acceptors (Lipinski definition) is 5. The molecule has 1 amide bonds. The van der Waals surface area contributed by atoms with Gasteiger partial charge in [0.2, 0.25) is 0 Å². The van der Waals surface area contributed by atoms with Crippen LogP contribution in [0.1, 0.15) is 58.4 Å². The SMILES string of the molecule is CCCCN1C(=O)OC(C)(C)[C@]12CC=C(OC(C)=O)[C@@H]2c1ccc(OC)cc1. The van der Waals surface area contributed by atoms with Gasteiger partial charge in [0.25, 0.3) is 0 Å². The summed E-state index contributed by atoms with van der Waals surface area (Å²) in [6.07, 6.45) is 4.03. The first-order valence-corrected chi connectivity index (χ1v) is 9.80. The van der Waals surface area contributed by atoms with Crippen molar-refractivity contribution >= 4 is 12.1 Å². The Kier molecular flexibility index (Phi) is 5.41. The molecule has 0 unspecified atom stereocenters. The fraction of sp³-hybridized carbons (Fsp3) is 0.545. The predicted molar refractivity (Wildman–Crippen MR) is 105 cm³/mol. The second-order valence-electron chi connectivity index (χ2n) is 7.92. The lowest BCUT2D eigenvalue weighted by Gasteiger charge is -2.45. The molecule has 1 heterocycles. The second kappa shape index (κ2) is 7.49. The summed E-state index contributed by atoms with van der Waals surface area (Å²) in [5.74, 6) is 0.644. The fourth-order valence-corrected chi connectivity index (χ4v) is 4.55. The number of cyclic esters (lactones) is 1. The molecule has 1 saturated heterocycles. The van der Waals surface area contributed by atoms with Crippen molar-refractivity contribution < 1.29 is 23.8 Å². The quantitative estimate of drug-likeness (QED) is 0.677. The molecule has 6 nitrogen and oxygen atoms in total. The van der Waals surface area contributed by atoms with E-state index in [1.807, 2.05) is 49.1 Å². The van der Waals surface area contributed by atoms with Gasteiger partial charge in [-0.1, -0.05) is 25.5 Å². The van der Waals surface area contributed by atoms with Crippen molar-refractivity contribution in [1.82, 2.24) is 4.90 Å². The third kappa shape index (κ3) is 3.15. The minimum Gasteiger partial charge on any atom is -0.497 e. The van der Waals surface area contributed by atoms with E-state index in [0.717, 1.165) is 24.2 Å². The van der Waals surface area contributed by atoms with Crippen LogP contribution in [-0.4, -0.2) is 41.8 Å². The molecule has 1 aromatic rings. The number of rotatable bonds is 6. The molecule has 0 bridgehead atoms. The van der Waals surface area contributed by atoms with Crippen LogP contribution in [0.5, 0.6) is 5.75 Å². The smallest absolute Gasteiger partial charge is 0.411 e. The third-order valence-electron chi connectivity index (χ3n) is 5.91. The highest BCUT2D eigenvalue weighted by atomic mass is 16.6. The maximum absolute atomic E-state index is 12.8. The predicted octanol–water partition coefficient (Wildman–Crippen LogP) is 4.40. The average molecular weight is 387 g/mol. The van der Waals surface area contributed by atoms with Crippen LogP contribution in [0.3, 0.4) is 0 Å². The summed E-state index contributed by atoms with van der Waals surface area (Å²) in [4.78, 5) is 26.4. The van der Waals surface area contributed by atoms with Crippen molar-refractivity contribution in [1.29, 1.82) is 0 Å². The number of methoxy groups -OCH3 is 1. The van der Waals surface area contributed by atoms with E-state index >= 15 is 0 Å². The Balaban J connectivity index is 2.12. The van der Waals surface area contributed by atoms with E-state index in [4.69, 9.17) is 14.2 Å². The van der Waals surface area contributed by atoms with Crippen LogP contribution >= 0.6 is 0 Å². The van der Waals surface area contributed by atoms with Gasteiger partial charge in [-0.05, 0) is 50.5 Å². The summed E-state index contributed by atoms with van der Waals surface area (Å²) in [6, 6.07) is 7.69. The number of benzene rings is 1. The molecule has 0 saturated carbocycles. The van der Waals surface area contributed by atoms with Crippen molar-refractivity contribution in [3.63, 3.8) is 0 Å². The van der Waals surface area contributed by atoms with Crippen LogP contribution in [0.4, 0.5) is 4.79 Å². The zero-order chi connectivity index (χ0) is 20.5. The number of ether oxygens (including phenoxy) is 3. The molecule has 6 heteroatoms. The number of esters is 1. The van der Waals surface area contributed by atoms with E-state index in [-0.39, 0.29) is 18.0 Å². The van der Waals surface area contributed by atoms with Crippen LogP contribution < -0.4 is 4.74 Å². The lowest BCUT2D eigenvalue weighted by Crippen LogP contribution is -2.58. The highest BCUT2D eigenvalue weighted by molar-refractivity contribution is 5.75. The van der Waals surface area contributed by atoms with E-state index in [9.17, 15) is 9.59 Å². The topological polar surface area (TPSA) is 65.1 Å². The van der Waals surface area contributed by atoms with Crippen LogP contribution in [-0.2, 0) is 14.3 Å². The number of carbonyl (C=O) groups is 2. The molecular weight excluding hydrogens is 358 g/mol. The molecule has 2 atom stereocenters. The lowest BCUT2D eigenvalue weighted by atomic mass is 9.70. The zero-order valence-electron chi connectivity index (χ0n) is 17.3. The molecule has 0 N–H and O–H groups in total. The van der Waals surface area contributed by atoms with E-state index in [0.29, 0.717) is 18.7 Å². The molecule has 1 fully saturated rings. The van der Waals surface area contributed by atoms with E-state index < -0.39 is 11.1 Å². The van der Waals surface area contributed by atoms with Crippen LogP contribution in [0.2, 0.25) is 0 Å². The van der Waals surface area contributed by atoms with Gasteiger partial charge in [0.15, 0.2) is 0 Å². The third-order valence-corrected chi connectivity index (χ3v) is 5.91. The Morgan fingerprint density at radius 1 is 1.29 bits per heavy atom. The number of hydrogen-bond donors (Lipinski definition) is 0. The number of carbonyl (C=O) groups excluding carboxylic acids is 2. The van der Waals surface area contributed by atoms with Gasteiger partial charge in [-0.25, -0.2) is 4.79 Å². The Bertz CT molecular complexity index is 783. The van der Waals surface area contributed by atoms with E-state index in [1.54, 1.807) is 7.11 Å². The first-order valence-electron chi connectivity index (χ1n) is 9.80. The van der Waals surface area contributed by atoms with Gasteiger partial charge >= 0.3 is 12.1 Å². The maximum atomic E-state index is 12.8. The van der Waals surface area contributed by atoms with Crippen molar-refractivity contribution in [3.8, 4) is 5.75 Å². The van der Waals surface area contributed by atoms with Crippen molar-refractivity contribution in [2.24, 2.45) is 0 Å². The van der Waals surface area contributed by atoms with E-state index in [1.165, 1.54) is 6.92 Å². The van der Waals surface area contributed by atoms with Gasteiger partial charge in [0, 0.05) is 13.5 Å². The summed E-state index contributed by atoms with van der Waals surface area (Å²) in [5, 5.41) is 0. The average Bonchev–Trinajstić information content (AvgIpc) is 3.09. The normalized spacial score (nSPS) is 25.6. The maximum Gasteiger partial charge on any atom is 0.411 e. The molecule has 1 aliphatic carbocycles. The fourth-order valence-electron chi connectivity index (χ4n) is 4.55. The largest absolute Gasteiger partial charge is 0.497 e. The standard InChI is InChI=1S/C22H29NO5/c1-6-7-14-23-20(25)28-21(3,4)22(23)13-12-18(27-15(2)24)19(22)16-8-10-17(26-5)11-9-16/h8-12,19H,6-7,13-14H2,1-5H3/t19-,22+/m0/s1. The summed E-state index contributed by atoms with van der Waals surface area (Å²) >= 11 is 0. The monoisotopic (exact) mass is 387 g/mol. The van der Waals surface area contributed by atoms with Crippen LogP contribution in [0.15, 0.2) is 36.1 Å². The Morgan fingerprint density at radius 2 is 1.96 bits per heavy atom. The van der Waals surface area contributed by atoms with E-state index in [2.05, 4.69) is 6.92 Å². The lowest BCUT2D eigenvalue weighted by molar-refractivity contribution is -0.137. The molecule has 0 aromatic heterocycles. The summed E-state index contributed by atoms with van der Waals surface area (Å²) in [7, 11) is 1.62. The number of unbranched alkanes of at least 4 members (excludes halogenated alkanes) is 1. The number of amides is 1. The van der Waals surface area contributed by atoms with Crippen molar-refractivity contribution in [2.45, 2.75) is 64.0 Å². The van der Waals surface area contributed by atoms with Crippen LogP contribution in [0, 0.1) is 0 Å². The Labute approximate surface area is 166 Å². The molecule has 152 valence electrons. The summed E-state index contributed by atoms with van der Waals surface area (Å²) in [6.45, 7) is 7.98. The van der Waals surface area contributed by atoms with Crippen LogP contribution in [0.25, 0.3) is 0 Å². The molecule has 28 heavy (non-hydrogen) atoms.